The summed E-state index contributed by atoms with van der Waals surface area (Å²) in [7, 11) is 2.92. The maximum Gasteiger partial charge on any atom is 0.337 e. The summed E-state index contributed by atoms with van der Waals surface area (Å²) in [5.41, 5.74) is 4.02. The van der Waals surface area contributed by atoms with Gasteiger partial charge in [-0.25, -0.2) is 9.79 Å². The molecule has 190 valence electrons. The summed E-state index contributed by atoms with van der Waals surface area (Å²) in [4.78, 5) is 31.7. The largest absolute Gasteiger partial charge is 0.493 e. The number of ether oxygens (including phenoxy) is 3. The van der Waals surface area contributed by atoms with Gasteiger partial charge in [-0.15, -0.1) is 0 Å². The normalized spacial score (nSPS) is 15.4. The molecule has 3 aromatic carbocycles. The maximum atomic E-state index is 13.1. The van der Waals surface area contributed by atoms with Gasteiger partial charge in [0.25, 0.3) is 5.91 Å². The molecule has 0 atom stereocenters. The Hall–Kier alpha value is -4.04. The lowest BCUT2D eigenvalue weighted by molar-refractivity contribution is -0.122. The number of aliphatic imine (C=N–C) groups is 1. The zero-order valence-electron chi connectivity index (χ0n) is 21.2. The van der Waals surface area contributed by atoms with Gasteiger partial charge in [0, 0.05) is 6.54 Å². The highest BCUT2D eigenvalue weighted by Gasteiger charge is 2.32. The average Bonchev–Trinajstić information content (AvgIpc) is 3.20. The third kappa shape index (κ3) is 6.21. The molecule has 1 heterocycles. The second-order valence-electron chi connectivity index (χ2n) is 8.28. The molecule has 0 radical (unpaired) electrons. The molecule has 0 aliphatic carbocycles. The standard InChI is InChI=1S/C29H28N2O5S/c1-5-31-27(32)26(37-29(31)30-23-11-7-10-22(17-23)28(33)35-4)16-20-12-13-24(25(15-20)34-3)36-18-21-9-6-8-19(2)14-21/h6-17H,5,18H2,1-4H3. The van der Waals surface area contributed by atoms with E-state index in [1.54, 1.807) is 36.3 Å². The molecule has 0 N–H and O–H groups in total. The van der Waals surface area contributed by atoms with Gasteiger partial charge in [-0.1, -0.05) is 42.0 Å². The minimum atomic E-state index is -0.439. The highest BCUT2D eigenvalue weighted by Crippen LogP contribution is 2.36. The molecule has 1 saturated heterocycles. The molecule has 1 amide bonds. The summed E-state index contributed by atoms with van der Waals surface area (Å²) in [6, 6.07) is 20.5. The molecule has 1 fully saturated rings. The third-order valence-electron chi connectivity index (χ3n) is 5.66. The monoisotopic (exact) mass is 516 g/mol. The van der Waals surface area contributed by atoms with Gasteiger partial charge < -0.3 is 14.2 Å². The van der Waals surface area contributed by atoms with Gasteiger partial charge in [-0.3, -0.25) is 9.69 Å². The van der Waals surface area contributed by atoms with E-state index in [2.05, 4.69) is 11.1 Å². The Labute approximate surface area is 220 Å². The number of likely N-dealkylation sites (N-methyl/N-ethyl adjacent to an activating group) is 1. The summed E-state index contributed by atoms with van der Waals surface area (Å²) in [6.07, 6.45) is 1.82. The van der Waals surface area contributed by atoms with E-state index in [0.717, 1.165) is 11.1 Å². The van der Waals surface area contributed by atoms with Gasteiger partial charge in [0.2, 0.25) is 0 Å². The molecule has 1 aliphatic rings. The van der Waals surface area contributed by atoms with Crippen LogP contribution < -0.4 is 9.47 Å². The summed E-state index contributed by atoms with van der Waals surface area (Å²) in [6.45, 7) is 4.83. The van der Waals surface area contributed by atoms with Crippen molar-refractivity contribution in [1.29, 1.82) is 0 Å². The average molecular weight is 517 g/mol. The van der Waals surface area contributed by atoms with E-state index in [1.807, 2.05) is 56.3 Å². The van der Waals surface area contributed by atoms with Crippen molar-refractivity contribution in [3.05, 3.63) is 93.9 Å². The second kappa shape index (κ2) is 11.8. The fraction of sp³-hybridized carbons (Fsp3) is 0.207. The first-order valence-corrected chi connectivity index (χ1v) is 12.6. The van der Waals surface area contributed by atoms with Crippen LogP contribution in [0.15, 0.2) is 76.6 Å². The van der Waals surface area contributed by atoms with Crippen molar-refractivity contribution in [2.75, 3.05) is 20.8 Å². The number of rotatable bonds is 8. The number of carbonyl (C=O) groups is 2. The van der Waals surface area contributed by atoms with Gasteiger partial charge in [-0.05, 0) is 73.1 Å². The number of methoxy groups -OCH3 is 2. The van der Waals surface area contributed by atoms with Crippen LogP contribution in [-0.2, 0) is 16.1 Å². The fourth-order valence-corrected chi connectivity index (χ4v) is 4.87. The Balaban J connectivity index is 1.55. The highest BCUT2D eigenvalue weighted by molar-refractivity contribution is 8.18. The van der Waals surface area contributed by atoms with E-state index in [-0.39, 0.29) is 5.91 Å². The first-order chi connectivity index (χ1) is 17.9. The molecule has 0 saturated carbocycles. The molecule has 37 heavy (non-hydrogen) atoms. The van der Waals surface area contributed by atoms with Crippen molar-refractivity contribution in [3.8, 4) is 11.5 Å². The van der Waals surface area contributed by atoms with E-state index in [1.165, 1.54) is 24.4 Å². The molecule has 0 bridgehead atoms. The van der Waals surface area contributed by atoms with Crippen molar-refractivity contribution < 1.29 is 23.8 Å². The van der Waals surface area contributed by atoms with Gasteiger partial charge in [0.1, 0.15) is 6.61 Å². The van der Waals surface area contributed by atoms with Crippen molar-refractivity contribution in [2.45, 2.75) is 20.5 Å². The molecular formula is C29H28N2O5S. The zero-order valence-corrected chi connectivity index (χ0v) is 22.0. The van der Waals surface area contributed by atoms with E-state index < -0.39 is 5.97 Å². The van der Waals surface area contributed by atoms with Crippen LogP contribution in [0.2, 0.25) is 0 Å². The summed E-state index contributed by atoms with van der Waals surface area (Å²) in [5, 5.41) is 0.547. The Morgan fingerprint density at radius 1 is 1.03 bits per heavy atom. The van der Waals surface area contributed by atoms with E-state index in [0.29, 0.717) is 46.0 Å². The fourth-order valence-electron chi connectivity index (χ4n) is 3.81. The first-order valence-electron chi connectivity index (χ1n) is 11.8. The lowest BCUT2D eigenvalue weighted by Gasteiger charge is -2.12. The number of amidine groups is 1. The van der Waals surface area contributed by atoms with Crippen LogP contribution in [0.5, 0.6) is 11.5 Å². The maximum absolute atomic E-state index is 13.1. The number of carbonyl (C=O) groups excluding carboxylic acids is 2. The second-order valence-corrected chi connectivity index (χ2v) is 9.29. The molecule has 3 aromatic rings. The Morgan fingerprint density at radius 2 is 1.84 bits per heavy atom. The van der Waals surface area contributed by atoms with Crippen LogP contribution in [0.3, 0.4) is 0 Å². The minimum absolute atomic E-state index is 0.130. The quantitative estimate of drug-likeness (QED) is 0.270. The third-order valence-corrected chi connectivity index (χ3v) is 6.67. The molecule has 4 rings (SSSR count). The first kappa shape index (κ1) is 26.0. The van der Waals surface area contributed by atoms with Crippen molar-refractivity contribution in [1.82, 2.24) is 4.90 Å². The van der Waals surface area contributed by atoms with E-state index >= 15 is 0 Å². The van der Waals surface area contributed by atoms with Crippen molar-refractivity contribution >= 4 is 40.6 Å². The summed E-state index contributed by atoms with van der Waals surface area (Å²) >= 11 is 1.29. The molecule has 0 spiro atoms. The van der Waals surface area contributed by atoms with Crippen molar-refractivity contribution in [2.24, 2.45) is 4.99 Å². The smallest absolute Gasteiger partial charge is 0.337 e. The highest BCUT2D eigenvalue weighted by atomic mass is 32.2. The summed E-state index contributed by atoms with van der Waals surface area (Å²) < 4.78 is 16.3. The minimum Gasteiger partial charge on any atom is -0.493 e. The summed E-state index contributed by atoms with van der Waals surface area (Å²) in [5.74, 6) is 0.636. The molecule has 1 aliphatic heterocycles. The number of amides is 1. The number of hydrogen-bond acceptors (Lipinski definition) is 7. The topological polar surface area (TPSA) is 77.4 Å². The zero-order chi connectivity index (χ0) is 26.4. The lowest BCUT2D eigenvalue weighted by atomic mass is 10.1. The molecule has 0 aromatic heterocycles. The Bertz CT molecular complexity index is 1380. The number of hydrogen-bond donors (Lipinski definition) is 0. The number of esters is 1. The number of nitrogens with zero attached hydrogens (tertiary/aromatic N) is 2. The van der Waals surface area contributed by atoms with E-state index in [4.69, 9.17) is 14.2 Å². The Morgan fingerprint density at radius 3 is 2.57 bits per heavy atom. The van der Waals surface area contributed by atoms with Crippen LogP contribution in [0.1, 0.15) is 34.0 Å². The van der Waals surface area contributed by atoms with Crippen LogP contribution in [0.25, 0.3) is 6.08 Å². The van der Waals surface area contributed by atoms with Crippen LogP contribution in [0.4, 0.5) is 5.69 Å². The predicted octanol–water partition coefficient (Wildman–Crippen LogP) is 5.99. The van der Waals surface area contributed by atoms with Crippen LogP contribution >= 0.6 is 11.8 Å². The van der Waals surface area contributed by atoms with Gasteiger partial charge in [0.05, 0.1) is 30.4 Å². The van der Waals surface area contributed by atoms with Crippen LogP contribution in [-0.4, -0.2) is 42.7 Å². The van der Waals surface area contributed by atoms with Crippen LogP contribution in [0, 0.1) is 6.92 Å². The Kier molecular flexibility index (Phi) is 8.30. The number of aryl methyl sites for hydroxylation is 1. The molecule has 7 nitrogen and oxygen atoms in total. The van der Waals surface area contributed by atoms with Crippen molar-refractivity contribution in [3.63, 3.8) is 0 Å². The lowest BCUT2D eigenvalue weighted by Crippen LogP contribution is -2.28. The van der Waals surface area contributed by atoms with Gasteiger partial charge in [-0.2, -0.15) is 0 Å². The molecule has 8 heteroatoms. The number of thioether (sulfide) groups is 1. The van der Waals surface area contributed by atoms with Gasteiger partial charge >= 0.3 is 5.97 Å². The van der Waals surface area contributed by atoms with Gasteiger partial charge in [0.15, 0.2) is 16.7 Å². The van der Waals surface area contributed by atoms with E-state index in [9.17, 15) is 9.59 Å². The predicted molar refractivity (Wildman–Crippen MR) is 146 cm³/mol. The molecular weight excluding hydrogens is 488 g/mol. The number of benzene rings is 3. The SMILES string of the molecule is CCN1C(=O)C(=Cc2ccc(OCc3cccc(C)c3)c(OC)c2)SC1=Nc1cccc(C(=O)OC)c1. The molecule has 0 unspecified atom stereocenters.